The van der Waals surface area contributed by atoms with Crippen molar-refractivity contribution in [2.75, 3.05) is 18.4 Å². The van der Waals surface area contributed by atoms with Crippen molar-refractivity contribution in [3.8, 4) is 0 Å². The first-order chi connectivity index (χ1) is 14.5. The number of nitrogens with zero attached hydrogens (tertiary/aromatic N) is 4. The molecule has 4 aromatic rings. The minimum Gasteiger partial charge on any atom is -0.339 e. The number of anilines is 2. The minimum absolute atomic E-state index is 0.0494. The molecular formula is C22H21FN6O. The summed E-state index contributed by atoms with van der Waals surface area (Å²) in [7, 11) is 0. The van der Waals surface area contributed by atoms with E-state index in [1.807, 2.05) is 36.4 Å². The van der Waals surface area contributed by atoms with Crippen LogP contribution in [-0.4, -0.2) is 49.7 Å². The van der Waals surface area contributed by atoms with Gasteiger partial charge in [0.25, 0.3) is 5.91 Å². The van der Waals surface area contributed by atoms with E-state index >= 15 is 0 Å². The molecule has 0 saturated carbocycles. The summed E-state index contributed by atoms with van der Waals surface area (Å²) >= 11 is 0. The third kappa shape index (κ3) is 3.34. The van der Waals surface area contributed by atoms with E-state index in [-0.39, 0.29) is 5.91 Å². The first-order valence-corrected chi connectivity index (χ1v) is 9.93. The molecule has 2 N–H and O–H groups in total. The zero-order chi connectivity index (χ0) is 20.7. The summed E-state index contributed by atoms with van der Waals surface area (Å²) in [6.45, 7) is 2.49. The highest BCUT2D eigenvalue weighted by atomic mass is 19.1. The first-order valence-electron chi connectivity index (χ1n) is 9.93. The maximum Gasteiger partial charge on any atom is 0.254 e. The number of likely N-dealkylation sites (tertiary alicyclic amines) is 1. The van der Waals surface area contributed by atoms with Gasteiger partial charge in [0.2, 0.25) is 5.65 Å². The fraction of sp³-hybridized carbons (Fsp3) is 0.273. The zero-order valence-corrected chi connectivity index (χ0v) is 16.5. The number of amides is 1. The number of carbonyl (C=O) groups excluding carboxylic acids is 1. The molecular weight excluding hydrogens is 383 g/mol. The molecule has 0 radical (unpaired) electrons. The number of fused-ring (bicyclic) bond motifs is 2. The van der Waals surface area contributed by atoms with Gasteiger partial charge in [0.15, 0.2) is 11.3 Å². The number of hydrogen-bond donors (Lipinski definition) is 2. The molecule has 1 fully saturated rings. The Hall–Kier alpha value is -3.55. The molecule has 0 bridgehead atoms. The maximum absolute atomic E-state index is 14.1. The number of nitrogens with one attached hydrogen (secondary N) is 2. The quantitative estimate of drug-likeness (QED) is 0.534. The van der Waals surface area contributed by atoms with Gasteiger partial charge in [-0.2, -0.15) is 5.10 Å². The van der Waals surface area contributed by atoms with Crippen molar-refractivity contribution in [1.29, 1.82) is 0 Å². The number of benzene rings is 2. The van der Waals surface area contributed by atoms with Gasteiger partial charge in [-0.05, 0) is 48.7 Å². The molecule has 8 heteroatoms. The van der Waals surface area contributed by atoms with Gasteiger partial charge >= 0.3 is 0 Å². The second-order valence-corrected chi connectivity index (χ2v) is 7.90. The Morgan fingerprint density at radius 2 is 1.97 bits per heavy atom. The molecule has 1 saturated heterocycles. The number of halogens is 1. The number of rotatable bonds is 3. The molecule has 2 aromatic heterocycles. The van der Waals surface area contributed by atoms with Crippen molar-refractivity contribution < 1.29 is 9.18 Å². The number of alkyl halides is 1. The van der Waals surface area contributed by atoms with Gasteiger partial charge < -0.3 is 10.2 Å². The largest absolute Gasteiger partial charge is 0.339 e. The van der Waals surface area contributed by atoms with Crippen LogP contribution in [0, 0.1) is 0 Å². The Morgan fingerprint density at radius 1 is 1.17 bits per heavy atom. The van der Waals surface area contributed by atoms with E-state index < -0.39 is 5.67 Å². The average Bonchev–Trinajstić information content (AvgIpc) is 3.15. The monoisotopic (exact) mass is 404 g/mol. The molecule has 1 amide bonds. The average molecular weight is 404 g/mol. The summed E-state index contributed by atoms with van der Waals surface area (Å²) in [5.74, 6) is 0.610. The highest BCUT2D eigenvalue weighted by Crippen LogP contribution is 2.29. The van der Waals surface area contributed by atoms with Gasteiger partial charge in [-0.25, -0.2) is 14.4 Å². The van der Waals surface area contributed by atoms with Crippen LogP contribution in [0.4, 0.5) is 15.9 Å². The maximum atomic E-state index is 14.1. The molecule has 3 heterocycles. The SMILES string of the molecule is CC1(F)CCN(C(=O)c2cccc3cc(Nc4[nH]nc5nccnc45)ccc23)CC1. The Labute approximate surface area is 172 Å². The standard InChI is InChI=1S/C22H21FN6O/c1-22(23)7-11-29(12-8-22)21(30)17-4-2-3-14-13-15(5-6-16(14)17)26-20-18-19(27-28-20)25-10-9-24-18/h2-6,9-10,13H,7-8,11-12H2,1H3,(H2,25,26,27,28). The second kappa shape index (κ2) is 7.05. The van der Waals surface area contributed by atoms with Gasteiger partial charge in [-0.3, -0.25) is 9.89 Å². The lowest BCUT2D eigenvalue weighted by atomic mass is 9.94. The Bertz CT molecular complexity index is 1240. The van der Waals surface area contributed by atoms with Crippen LogP contribution in [0.15, 0.2) is 48.8 Å². The normalized spacial score (nSPS) is 16.1. The van der Waals surface area contributed by atoms with E-state index in [1.54, 1.807) is 24.2 Å². The van der Waals surface area contributed by atoms with Gasteiger partial charge in [-0.15, -0.1) is 0 Å². The molecule has 1 aliphatic rings. The Balaban J connectivity index is 1.43. The van der Waals surface area contributed by atoms with Gasteiger partial charge in [0, 0.05) is 36.7 Å². The molecule has 0 unspecified atom stereocenters. The molecule has 7 nitrogen and oxygen atoms in total. The van der Waals surface area contributed by atoms with E-state index in [1.165, 1.54) is 0 Å². The van der Waals surface area contributed by atoms with E-state index in [2.05, 4.69) is 25.5 Å². The van der Waals surface area contributed by atoms with E-state index in [4.69, 9.17) is 0 Å². The van der Waals surface area contributed by atoms with Crippen LogP contribution in [-0.2, 0) is 0 Å². The smallest absolute Gasteiger partial charge is 0.254 e. The number of piperidine rings is 1. The lowest BCUT2D eigenvalue weighted by Gasteiger charge is -2.34. The lowest BCUT2D eigenvalue weighted by molar-refractivity contribution is 0.0505. The molecule has 30 heavy (non-hydrogen) atoms. The molecule has 2 aromatic carbocycles. The summed E-state index contributed by atoms with van der Waals surface area (Å²) in [6.07, 6.45) is 3.96. The lowest BCUT2D eigenvalue weighted by Crippen LogP contribution is -2.43. The zero-order valence-electron chi connectivity index (χ0n) is 16.5. The Morgan fingerprint density at radius 3 is 2.80 bits per heavy atom. The van der Waals surface area contributed by atoms with Crippen LogP contribution in [0.2, 0.25) is 0 Å². The molecule has 1 aliphatic heterocycles. The Kier molecular flexibility index (Phi) is 4.34. The fourth-order valence-corrected chi connectivity index (χ4v) is 3.88. The summed E-state index contributed by atoms with van der Waals surface area (Å²) in [5, 5.41) is 12.1. The van der Waals surface area contributed by atoms with Crippen LogP contribution in [0.5, 0.6) is 0 Å². The second-order valence-electron chi connectivity index (χ2n) is 7.90. The van der Waals surface area contributed by atoms with E-state index in [9.17, 15) is 9.18 Å². The predicted octanol–water partition coefficient (Wildman–Crippen LogP) is 4.21. The topological polar surface area (TPSA) is 86.8 Å². The van der Waals surface area contributed by atoms with Gasteiger partial charge in [-0.1, -0.05) is 18.2 Å². The van der Waals surface area contributed by atoms with Crippen LogP contribution in [0.25, 0.3) is 21.9 Å². The highest BCUT2D eigenvalue weighted by molar-refractivity contribution is 6.07. The molecule has 0 aliphatic carbocycles. The number of carbonyl (C=O) groups is 1. The van der Waals surface area contributed by atoms with Crippen molar-refractivity contribution in [1.82, 2.24) is 25.1 Å². The number of H-pyrrole nitrogens is 1. The number of aromatic amines is 1. The molecule has 0 spiro atoms. The van der Waals surface area contributed by atoms with Crippen molar-refractivity contribution in [2.24, 2.45) is 0 Å². The van der Waals surface area contributed by atoms with E-state index in [0.29, 0.717) is 48.5 Å². The van der Waals surface area contributed by atoms with Crippen molar-refractivity contribution in [3.63, 3.8) is 0 Å². The number of hydrogen-bond acceptors (Lipinski definition) is 5. The van der Waals surface area contributed by atoms with Gasteiger partial charge in [0.1, 0.15) is 5.67 Å². The summed E-state index contributed by atoms with van der Waals surface area (Å²) in [4.78, 5) is 23.3. The van der Waals surface area contributed by atoms with Crippen molar-refractivity contribution in [2.45, 2.75) is 25.4 Å². The predicted molar refractivity (Wildman–Crippen MR) is 114 cm³/mol. The van der Waals surface area contributed by atoms with Crippen LogP contribution >= 0.6 is 0 Å². The van der Waals surface area contributed by atoms with Crippen LogP contribution in [0.3, 0.4) is 0 Å². The molecule has 0 atom stereocenters. The number of aromatic nitrogens is 4. The minimum atomic E-state index is -1.18. The third-order valence-corrected chi connectivity index (χ3v) is 5.66. The van der Waals surface area contributed by atoms with E-state index in [0.717, 1.165) is 16.5 Å². The summed E-state index contributed by atoms with van der Waals surface area (Å²) in [6, 6.07) is 11.5. The highest BCUT2D eigenvalue weighted by Gasteiger charge is 2.32. The van der Waals surface area contributed by atoms with Crippen LogP contribution in [0.1, 0.15) is 30.1 Å². The van der Waals surface area contributed by atoms with Crippen LogP contribution < -0.4 is 5.32 Å². The fourth-order valence-electron chi connectivity index (χ4n) is 3.88. The van der Waals surface area contributed by atoms with Gasteiger partial charge in [0.05, 0.1) is 0 Å². The van der Waals surface area contributed by atoms with Crippen molar-refractivity contribution in [3.05, 3.63) is 54.4 Å². The molecule has 152 valence electrons. The third-order valence-electron chi connectivity index (χ3n) is 5.66. The summed E-state index contributed by atoms with van der Waals surface area (Å²) < 4.78 is 14.1. The first kappa shape index (κ1) is 18.5. The molecule has 5 rings (SSSR count). The summed E-state index contributed by atoms with van der Waals surface area (Å²) in [5.41, 5.74) is 1.50. The van der Waals surface area contributed by atoms with Crippen molar-refractivity contribution >= 4 is 39.3 Å².